The summed E-state index contributed by atoms with van der Waals surface area (Å²) in [4.78, 5) is 17.3. The predicted molar refractivity (Wildman–Crippen MR) is 111 cm³/mol. The van der Waals surface area contributed by atoms with Crippen molar-refractivity contribution in [1.29, 1.82) is 0 Å². The number of benzene rings is 2. The van der Waals surface area contributed by atoms with E-state index in [0.717, 1.165) is 16.9 Å². The van der Waals surface area contributed by atoms with Crippen LogP contribution in [0.2, 0.25) is 0 Å². The second-order valence-electron chi connectivity index (χ2n) is 6.77. The van der Waals surface area contributed by atoms with Gasteiger partial charge in [0.15, 0.2) is 11.5 Å². The minimum Gasteiger partial charge on any atom is -0.497 e. The molecule has 2 aromatic carbocycles. The molecule has 0 saturated carbocycles. The van der Waals surface area contributed by atoms with Crippen molar-refractivity contribution in [2.45, 2.75) is 12.3 Å². The van der Waals surface area contributed by atoms with Gasteiger partial charge < -0.3 is 24.3 Å². The van der Waals surface area contributed by atoms with Gasteiger partial charge in [0.05, 0.1) is 39.8 Å². The predicted octanol–water partition coefficient (Wildman–Crippen LogP) is 3.38. The third kappa shape index (κ3) is 3.20. The van der Waals surface area contributed by atoms with Gasteiger partial charge in [-0.05, 0) is 18.2 Å². The topological polar surface area (TPSA) is 83.8 Å². The molecule has 1 atom stereocenters. The van der Waals surface area contributed by atoms with Gasteiger partial charge in [0.1, 0.15) is 23.6 Å². The molecule has 30 heavy (non-hydrogen) atoms. The van der Waals surface area contributed by atoms with Crippen molar-refractivity contribution in [2.75, 3.05) is 33.8 Å². The molecule has 156 valence electrons. The van der Waals surface area contributed by atoms with Gasteiger partial charge in [-0.2, -0.15) is 0 Å². The normalized spacial score (nSPS) is 15.2. The maximum absolute atomic E-state index is 12.6. The van der Waals surface area contributed by atoms with E-state index in [1.807, 2.05) is 34.9 Å². The fraction of sp³-hybridized carbons (Fsp3) is 0.273. The van der Waals surface area contributed by atoms with E-state index < -0.39 is 0 Å². The number of carbonyl (C=O) groups is 1. The molecule has 1 aliphatic heterocycles. The van der Waals surface area contributed by atoms with Crippen LogP contribution in [0.5, 0.6) is 23.0 Å². The SMILES string of the molecule is COc1ccc(-n2cnc3c2NC(=O)C[C@H]3c2cccc(OC)c2OC)c(OC)c1. The highest BCUT2D eigenvalue weighted by Crippen LogP contribution is 2.44. The van der Waals surface area contributed by atoms with E-state index in [4.69, 9.17) is 18.9 Å². The summed E-state index contributed by atoms with van der Waals surface area (Å²) in [6.45, 7) is 0. The van der Waals surface area contributed by atoms with E-state index in [1.165, 1.54) is 0 Å². The maximum Gasteiger partial charge on any atom is 0.226 e. The number of amides is 1. The third-order valence-corrected chi connectivity index (χ3v) is 5.23. The lowest BCUT2D eigenvalue weighted by molar-refractivity contribution is -0.116. The summed E-state index contributed by atoms with van der Waals surface area (Å²) in [5.74, 6) is 2.71. The Kier molecular flexibility index (Phi) is 5.22. The number of rotatable bonds is 6. The van der Waals surface area contributed by atoms with Gasteiger partial charge in [-0.3, -0.25) is 9.36 Å². The molecule has 8 heteroatoms. The molecule has 0 bridgehead atoms. The van der Waals surface area contributed by atoms with Gasteiger partial charge in [0.25, 0.3) is 0 Å². The average Bonchev–Trinajstić information content (AvgIpc) is 3.20. The van der Waals surface area contributed by atoms with Crippen LogP contribution >= 0.6 is 0 Å². The Labute approximate surface area is 174 Å². The van der Waals surface area contributed by atoms with Gasteiger partial charge in [0, 0.05) is 24.0 Å². The molecule has 1 aliphatic rings. The summed E-state index contributed by atoms with van der Waals surface area (Å²) in [5, 5.41) is 2.96. The molecule has 1 amide bonds. The second-order valence-corrected chi connectivity index (χ2v) is 6.77. The van der Waals surface area contributed by atoms with Crippen LogP contribution in [0.25, 0.3) is 5.69 Å². The minimum atomic E-state index is -0.274. The van der Waals surface area contributed by atoms with Crippen LogP contribution in [-0.2, 0) is 4.79 Å². The van der Waals surface area contributed by atoms with E-state index >= 15 is 0 Å². The van der Waals surface area contributed by atoms with Crippen molar-refractivity contribution in [2.24, 2.45) is 0 Å². The number of hydrogen-bond acceptors (Lipinski definition) is 6. The third-order valence-electron chi connectivity index (χ3n) is 5.23. The first-order valence-electron chi connectivity index (χ1n) is 9.41. The van der Waals surface area contributed by atoms with Gasteiger partial charge >= 0.3 is 0 Å². The zero-order chi connectivity index (χ0) is 21.3. The number of fused-ring (bicyclic) bond motifs is 1. The Morgan fingerprint density at radius 2 is 1.80 bits per heavy atom. The largest absolute Gasteiger partial charge is 0.497 e. The number of imidazole rings is 1. The van der Waals surface area contributed by atoms with Crippen LogP contribution in [0.15, 0.2) is 42.7 Å². The first-order valence-corrected chi connectivity index (χ1v) is 9.41. The zero-order valence-corrected chi connectivity index (χ0v) is 17.3. The smallest absolute Gasteiger partial charge is 0.226 e. The molecule has 0 fully saturated rings. The lowest BCUT2D eigenvalue weighted by Gasteiger charge is -2.25. The summed E-state index contributed by atoms with van der Waals surface area (Å²) in [5.41, 5.74) is 2.34. The van der Waals surface area contributed by atoms with Gasteiger partial charge in [-0.25, -0.2) is 4.98 Å². The lowest BCUT2D eigenvalue weighted by atomic mass is 9.89. The standard InChI is InChI=1S/C22H23N3O5/c1-27-13-8-9-16(18(10-13)29-3)25-12-23-20-15(11-19(26)24-22(20)25)14-6-5-7-17(28-2)21(14)30-4/h5-10,12,15H,11H2,1-4H3,(H,24,26)/t15-/m0/s1. The summed E-state index contributed by atoms with van der Waals surface area (Å²) < 4.78 is 23.6. The molecule has 0 radical (unpaired) electrons. The van der Waals surface area contributed by atoms with E-state index in [0.29, 0.717) is 28.8 Å². The molecule has 1 aromatic heterocycles. The molecular weight excluding hydrogens is 386 g/mol. The fourth-order valence-corrected chi connectivity index (χ4v) is 3.82. The highest BCUT2D eigenvalue weighted by Gasteiger charge is 2.33. The molecule has 4 rings (SSSR count). The van der Waals surface area contributed by atoms with Gasteiger partial charge in [0.2, 0.25) is 5.91 Å². The summed E-state index contributed by atoms with van der Waals surface area (Å²) >= 11 is 0. The molecule has 0 saturated heterocycles. The molecule has 0 aliphatic carbocycles. The summed E-state index contributed by atoms with van der Waals surface area (Å²) in [7, 11) is 6.36. The monoisotopic (exact) mass is 409 g/mol. The minimum absolute atomic E-state index is 0.105. The van der Waals surface area contributed by atoms with Crippen molar-refractivity contribution >= 4 is 11.7 Å². The number of anilines is 1. The number of nitrogens with one attached hydrogen (secondary N) is 1. The van der Waals surface area contributed by atoms with Crippen LogP contribution < -0.4 is 24.3 Å². The number of ether oxygens (including phenoxy) is 4. The number of hydrogen-bond donors (Lipinski definition) is 1. The van der Waals surface area contributed by atoms with E-state index in [9.17, 15) is 4.79 Å². The van der Waals surface area contributed by atoms with Gasteiger partial charge in [-0.1, -0.05) is 12.1 Å². The van der Waals surface area contributed by atoms with E-state index in [1.54, 1.807) is 40.8 Å². The van der Waals surface area contributed by atoms with Crippen LogP contribution in [-0.4, -0.2) is 43.9 Å². The first kappa shape index (κ1) is 19.6. The first-order chi connectivity index (χ1) is 14.6. The van der Waals surface area contributed by atoms with E-state index in [2.05, 4.69) is 10.3 Å². The highest BCUT2D eigenvalue weighted by atomic mass is 16.5. The molecule has 0 unspecified atom stereocenters. The Morgan fingerprint density at radius 3 is 2.50 bits per heavy atom. The Hall–Kier alpha value is -3.68. The van der Waals surface area contributed by atoms with Crippen molar-refractivity contribution < 1.29 is 23.7 Å². The van der Waals surface area contributed by atoms with Crippen LogP contribution in [0.1, 0.15) is 23.6 Å². The summed E-state index contributed by atoms with van der Waals surface area (Å²) in [6, 6.07) is 11.1. The number of para-hydroxylation sites is 1. The lowest BCUT2D eigenvalue weighted by Crippen LogP contribution is -2.25. The number of aromatic nitrogens is 2. The molecule has 8 nitrogen and oxygen atoms in total. The maximum atomic E-state index is 12.6. The van der Waals surface area contributed by atoms with Crippen LogP contribution in [0, 0.1) is 0 Å². The Balaban J connectivity index is 1.85. The van der Waals surface area contributed by atoms with Gasteiger partial charge in [-0.15, -0.1) is 0 Å². The number of methoxy groups -OCH3 is 4. The average molecular weight is 409 g/mol. The molecule has 3 aromatic rings. The van der Waals surface area contributed by atoms with Crippen molar-refractivity contribution in [3.8, 4) is 28.7 Å². The fourth-order valence-electron chi connectivity index (χ4n) is 3.82. The summed E-state index contributed by atoms with van der Waals surface area (Å²) in [6.07, 6.45) is 1.94. The number of carbonyl (C=O) groups excluding carboxylic acids is 1. The second kappa shape index (κ2) is 7.98. The molecule has 0 spiro atoms. The Morgan fingerprint density at radius 1 is 1.00 bits per heavy atom. The van der Waals surface area contributed by atoms with Crippen molar-refractivity contribution in [3.05, 3.63) is 54.0 Å². The quantitative estimate of drug-likeness (QED) is 0.672. The molecular formula is C22H23N3O5. The highest BCUT2D eigenvalue weighted by molar-refractivity contribution is 5.94. The van der Waals surface area contributed by atoms with Crippen molar-refractivity contribution in [1.82, 2.24) is 9.55 Å². The van der Waals surface area contributed by atoms with E-state index in [-0.39, 0.29) is 18.2 Å². The number of nitrogens with zero attached hydrogens (tertiary/aromatic N) is 2. The Bertz CT molecular complexity index is 1090. The van der Waals surface area contributed by atoms with Crippen molar-refractivity contribution in [3.63, 3.8) is 0 Å². The molecule has 2 heterocycles. The van der Waals surface area contributed by atoms with Crippen LogP contribution in [0.4, 0.5) is 5.82 Å². The molecule has 1 N–H and O–H groups in total. The van der Waals surface area contributed by atoms with Crippen LogP contribution in [0.3, 0.4) is 0 Å². The zero-order valence-electron chi connectivity index (χ0n) is 17.3.